The summed E-state index contributed by atoms with van der Waals surface area (Å²) in [6.07, 6.45) is 0.838. The average Bonchev–Trinajstić information content (AvgIpc) is 2.14. The van der Waals surface area contributed by atoms with Gasteiger partial charge in [0.05, 0.1) is 6.61 Å². The number of rotatable bonds is 4. The third-order valence-corrected chi connectivity index (χ3v) is 1.73. The fraction of sp³-hybridized carbons (Fsp3) is 0.333. The lowest BCUT2D eigenvalue weighted by atomic mass is 9.80. The number of hydrogen-bond donors (Lipinski definition) is 0. The first-order chi connectivity index (χ1) is 6.54. The van der Waals surface area contributed by atoms with Gasteiger partial charge in [0.25, 0.3) is 0 Å². The van der Waals surface area contributed by atoms with E-state index in [1.807, 2.05) is 6.92 Å². The van der Waals surface area contributed by atoms with Gasteiger partial charge < -0.3 is 17.7 Å². The first-order valence-corrected chi connectivity index (χ1v) is 4.46. The second-order valence-electron chi connectivity index (χ2n) is 2.99. The van der Waals surface area contributed by atoms with Crippen LogP contribution in [0.1, 0.15) is 13.3 Å². The van der Waals surface area contributed by atoms with Crippen LogP contribution in [0.4, 0.5) is 12.9 Å². The van der Waals surface area contributed by atoms with Crippen LogP contribution < -0.4 is 10.2 Å². The average molecular weight is 203 g/mol. The summed E-state index contributed by atoms with van der Waals surface area (Å²) in [4.78, 5) is 0. The molecule has 1 rings (SSSR count). The van der Waals surface area contributed by atoms with E-state index in [1.54, 1.807) is 0 Å². The van der Waals surface area contributed by atoms with Crippen molar-refractivity contribution in [2.45, 2.75) is 13.3 Å². The van der Waals surface area contributed by atoms with Gasteiger partial charge in [0.15, 0.2) is 0 Å². The van der Waals surface area contributed by atoms with E-state index in [2.05, 4.69) is 0 Å². The lowest BCUT2D eigenvalue weighted by Gasteiger charge is -2.14. The quantitative estimate of drug-likeness (QED) is 0.683. The second kappa shape index (κ2) is 4.40. The Balaban J connectivity index is 2.69. The summed E-state index contributed by atoms with van der Waals surface area (Å²) in [6, 6.07) is 4.79. The van der Waals surface area contributed by atoms with Gasteiger partial charge in [-0.1, -0.05) is 19.1 Å². The van der Waals surface area contributed by atoms with Crippen LogP contribution >= 0.6 is 0 Å². The molecule has 0 aromatic heterocycles. The Labute approximate surface area is 80.9 Å². The summed E-state index contributed by atoms with van der Waals surface area (Å²) >= 11 is 0. The molecule has 0 amide bonds. The highest BCUT2D eigenvalue weighted by Gasteiger charge is 2.24. The number of ether oxygens (including phenoxy) is 1. The van der Waals surface area contributed by atoms with Crippen molar-refractivity contribution in [3.8, 4) is 5.75 Å². The molecule has 1 aromatic rings. The third kappa shape index (κ3) is 2.98. The van der Waals surface area contributed by atoms with Crippen LogP contribution in [0.2, 0.25) is 0 Å². The fourth-order valence-electron chi connectivity index (χ4n) is 1.00. The van der Waals surface area contributed by atoms with E-state index in [0.717, 1.165) is 18.6 Å². The van der Waals surface area contributed by atoms with Gasteiger partial charge in [-0.25, -0.2) is 0 Å². The molecule has 0 unspecified atom stereocenters. The van der Waals surface area contributed by atoms with Gasteiger partial charge in [-0.2, -0.15) is 0 Å². The zero-order valence-corrected chi connectivity index (χ0v) is 7.84. The van der Waals surface area contributed by atoms with E-state index in [-0.39, 0.29) is 0 Å². The van der Waals surface area contributed by atoms with Crippen molar-refractivity contribution < 1.29 is 17.7 Å². The Morgan fingerprint density at radius 1 is 1.14 bits per heavy atom. The van der Waals surface area contributed by atoms with Crippen molar-refractivity contribution in [3.63, 3.8) is 0 Å². The van der Waals surface area contributed by atoms with Gasteiger partial charge in [0.2, 0.25) is 0 Å². The Kier molecular flexibility index (Phi) is 3.44. The maximum absolute atomic E-state index is 12.2. The van der Waals surface area contributed by atoms with Gasteiger partial charge in [0.1, 0.15) is 5.75 Å². The van der Waals surface area contributed by atoms with Crippen molar-refractivity contribution in [2.75, 3.05) is 6.61 Å². The maximum Gasteiger partial charge on any atom is 0.509 e. The van der Waals surface area contributed by atoms with Crippen LogP contribution in [0.3, 0.4) is 0 Å². The fourth-order valence-corrected chi connectivity index (χ4v) is 1.00. The highest BCUT2D eigenvalue weighted by atomic mass is 19.4. The molecule has 0 heterocycles. The van der Waals surface area contributed by atoms with Gasteiger partial charge in [0, 0.05) is 0 Å². The largest absolute Gasteiger partial charge is 0.509 e. The highest BCUT2D eigenvalue weighted by Crippen LogP contribution is 2.13. The minimum Gasteiger partial charge on any atom is -0.494 e. The van der Waals surface area contributed by atoms with E-state index in [4.69, 9.17) is 4.74 Å². The molecule has 0 atom stereocenters. The van der Waals surface area contributed by atoms with E-state index < -0.39 is 12.4 Å². The maximum atomic E-state index is 12.2. The molecule has 0 aliphatic carbocycles. The van der Waals surface area contributed by atoms with Crippen molar-refractivity contribution in [1.29, 1.82) is 0 Å². The zero-order valence-electron chi connectivity index (χ0n) is 7.84. The molecule has 5 heteroatoms. The zero-order chi connectivity index (χ0) is 10.6. The lowest BCUT2D eigenvalue weighted by Crippen LogP contribution is -2.33. The third-order valence-electron chi connectivity index (χ3n) is 1.73. The summed E-state index contributed by atoms with van der Waals surface area (Å²) in [5.74, 6) is 0.482. The summed E-state index contributed by atoms with van der Waals surface area (Å²) in [5, 5.41) is 0. The van der Waals surface area contributed by atoms with Crippen molar-refractivity contribution in [1.82, 2.24) is 0 Å². The number of hydrogen-bond acceptors (Lipinski definition) is 1. The predicted octanol–water partition coefficient (Wildman–Crippen LogP) is 2.53. The molecule has 0 bridgehead atoms. The van der Waals surface area contributed by atoms with Gasteiger partial charge in [-0.15, -0.1) is 5.46 Å². The summed E-state index contributed by atoms with van der Waals surface area (Å²) < 4.78 is 41.7. The smallest absolute Gasteiger partial charge is 0.494 e. The second-order valence-corrected chi connectivity index (χ2v) is 2.99. The van der Waals surface area contributed by atoms with Crippen LogP contribution in [0.15, 0.2) is 24.3 Å². The summed E-state index contributed by atoms with van der Waals surface area (Å²) in [5.41, 5.74) is -0.589. The molecule has 0 aliphatic heterocycles. The van der Waals surface area contributed by atoms with Crippen LogP contribution in [0.25, 0.3) is 0 Å². The number of halogens is 3. The molecule has 0 aliphatic rings. The monoisotopic (exact) mass is 203 g/mol. The molecule has 0 N–H and O–H groups in total. The Bertz CT molecular complexity index is 281. The molecule has 0 saturated carbocycles. The molecule has 14 heavy (non-hydrogen) atoms. The summed E-state index contributed by atoms with van der Waals surface area (Å²) in [6.45, 7) is -2.43. The molecular weight excluding hydrogens is 192 g/mol. The van der Waals surface area contributed by atoms with Crippen LogP contribution in [0.5, 0.6) is 5.75 Å². The molecule has 0 fully saturated rings. The van der Waals surface area contributed by atoms with Crippen molar-refractivity contribution in [2.24, 2.45) is 0 Å². The number of benzene rings is 1. The highest BCUT2D eigenvalue weighted by molar-refractivity contribution is 6.73. The predicted molar refractivity (Wildman–Crippen MR) is 50.9 cm³/mol. The molecular formula is C9H11BF3O-. The van der Waals surface area contributed by atoms with Crippen LogP contribution in [0, 0.1) is 0 Å². The minimum absolute atomic E-state index is 0.482. The Morgan fingerprint density at radius 3 is 2.14 bits per heavy atom. The van der Waals surface area contributed by atoms with Crippen LogP contribution in [-0.2, 0) is 0 Å². The summed E-state index contributed by atoms with van der Waals surface area (Å²) in [7, 11) is 0. The van der Waals surface area contributed by atoms with E-state index in [9.17, 15) is 12.9 Å². The lowest BCUT2D eigenvalue weighted by molar-refractivity contribution is 0.317. The molecule has 0 radical (unpaired) electrons. The van der Waals surface area contributed by atoms with E-state index >= 15 is 0 Å². The SMILES string of the molecule is CCCOc1ccc([B-](F)(F)F)cc1. The normalized spacial score (nSPS) is 11.4. The molecule has 1 nitrogen and oxygen atoms in total. The van der Waals surface area contributed by atoms with Crippen molar-refractivity contribution in [3.05, 3.63) is 24.3 Å². The Hall–Kier alpha value is -1.13. The van der Waals surface area contributed by atoms with Crippen LogP contribution in [-0.4, -0.2) is 13.6 Å². The Morgan fingerprint density at radius 2 is 1.71 bits per heavy atom. The molecule has 0 saturated heterocycles. The van der Waals surface area contributed by atoms with Gasteiger partial charge >= 0.3 is 6.98 Å². The van der Waals surface area contributed by atoms with Gasteiger partial charge in [-0.05, 0) is 18.6 Å². The topological polar surface area (TPSA) is 9.23 Å². The van der Waals surface area contributed by atoms with Gasteiger partial charge in [-0.3, -0.25) is 0 Å². The molecule has 0 spiro atoms. The van der Waals surface area contributed by atoms with Crippen molar-refractivity contribution >= 4 is 12.4 Å². The first-order valence-electron chi connectivity index (χ1n) is 4.46. The molecule has 1 aromatic carbocycles. The first kappa shape index (κ1) is 11.0. The van der Waals surface area contributed by atoms with E-state index in [0.29, 0.717) is 12.4 Å². The standard InChI is InChI=1S/C9H11BF3O/c1-2-7-14-9-5-3-8(4-6-9)10(11,12)13/h3-6H,2,7H2,1H3/q-1. The van der Waals surface area contributed by atoms with E-state index in [1.165, 1.54) is 12.1 Å². The minimum atomic E-state index is -4.89. The molecule has 78 valence electrons.